The molecule has 2 heteroatoms. The smallest absolute Gasteiger partial charge is 0.150 e. The van der Waals surface area contributed by atoms with Gasteiger partial charge in [-0.15, -0.1) is 11.3 Å². The van der Waals surface area contributed by atoms with Gasteiger partial charge in [0.1, 0.15) is 6.29 Å². The average molecular weight is 266 g/mol. The van der Waals surface area contributed by atoms with Crippen LogP contribution < -0.4 is 0 Å². The fourth-order valence-electron chi connectivity index (χ4n) is 2.30. The van der Waals surface area contributed by atoms with E-state index in [1.807, 2.05) is 18.2 Å². The summed E-state index contributed by atoms with van der Waals surface area (Å²) in [5.41, 5.74) is 4.55. The second-order valence-electron chi connectivity index (χ2n) is 4.80. The van der Waals surface area contributed by atoms with Gasteiger partial charge >= 0.3 is 0 Å². The molecular weight excluding hydrogens is 252 g/mol. The van der Waals surface area contributed by atoms with Crippen molar-refractivity contribution in [3.8, 4) is 10.4 Å². The summed E-state index contributed by atoms with van der Waals surface area (Å²) in [5, 5.41) is 1.24. The van der Waals surface area contributed by atoms with Gasteiger partial charge in [-0.05, 0) is 36.4 Å². The van der Waals surface area contributed by atoms with Crippen molar-refractivity contribution in [3.63, 3.8) is 0 Å². The van der Waals surface area contributed by atoms with E-state index in [-0.39, 0.29) is 0 Å². The first-order chi connectivity index (χ1) is 9.19. The van der Waals surface area contributed by atoms with E-state index < -0.39 is 0 Å². The minimum Gasteiger partial charge on any atom is -0.298 e. The van der Waals surface area contributed by atoms with Crippen molar-refractivity contribution in [2.45, 2.75) is 13.8 Å². The largest absolute Gasteiger partial charge is 0.298 e. The molecule has 3 aromatic rings. The Morgan fingerprint density at radius 3 is 2.42 bits per heavy atom. The second kappa shape index (κ2) is 4.63. The maximum Gasteiger partial charge on any atom is 0.150 e. The van der Waals surface area contributed by atoms with Crippen molar-refractivity contribution in [1.82, 2.24) is 0 Å². The minimum absolute atomic E-state index is 0.740. The number of carbonyl (C=O) groups is 1. The first-order valence-corrected chi connectivity index (χ1v) is 7.06. The molecule has 0 bridgehead atoms. The minimum atomic E-state index is 0.740. The van der Waals surface area contributed by atoms with E-state index in [9.17, 15) is 4.79 Å². The van der Waals surface area contributed by atoms with Crippen LogP contribution in [0.4, 0.5) is 0 Å². The zero-order valence-electron chi connectivity index (χ0n) is 10.9. The van der Waals surface area contributed by atoms with Crippen LogP contribution in [0.25, 0.3) is 20.5 Å². The van der Waals surface area contributed by atoms with Gasteiger partial charge in [0.05, 0.1) is 0 Å². The van der Waals surface area contributed by atoms with Crippen LogP contribution in [-0.4, -0.2) is 6.29 Å². The van der Waals surface area contributed by atoms with Gasteiger partial charge in [-0.1, -0.05) is 42.0 Å². The van der Waals surface area contributed by atoms with E-state index in [0.717, 1.165) is 11.8 Å². The summed E-state index contributed by atoms with van der Waals surface area (Å²) in [6.07, 6.45) is 0.903. The van der Waals surface area contributed by atoms with Crippen LogP contribution in [0.2, 0.25) is 0 Å². The number of rotatable bonds is 2. The van der Waals surface area contributed by atoms with Gasteiger partial charge in [-0.2, -0.15) is 0 Å². The Balaban J connectivity index is 2.21. The Labute approximate surface area is 116 Å². The molecule has 0 atom stereocenters. The van der Waals surface area contributed by atoms with Crippen molar-refractivity contribution < 1.29 is 4.79 Å². The summed E-state index contributed by atoms with van der Waals surface area (Å²) in [4.78, 5) is 12.1. The predicted octanol–water partition coefficient (Wildman–Crippen LogP) is 5.00. The fraction of sp³-hybridized carbons (Fsp3) is 0.118. The van der Waals surface area contributed by atoms with Crippen molar-refractivity contribution >= 4 is 27.7 Å². The SMILES string of the molecule is Cc1ccc(-c2sc3cc(C=O)ccc3c2C)cc1. The molecule has 1 heterocycles. The zero-order valence-corrected chi connectivity index (χ0v) is 11.8. The molecule has 0 saturated heterocycles. The molecule has 19 heavy (non-hydrogen) atoms. The Hall–Kier alpha value is -1.93. The predicted molar refractivity (Wildman–Crippen MR) is 82.1 cm³/mol. The molecule has 0 radical (unpaired) electrons. The average Bonchev–Trinajstić information content (AvgIpc) is 2.76. The zero-order chi connectivity index (χ0) is 13.4. The second-order valence-corrected chi connectivity index (χ2v) is 5.85. The summed E-state index contributed by atoms with van der Waals surface area (Å²) in [5.74, 6) is 0. The van der Waals surface area contributed by atoms with Crippen LogP contribution in [0.15, 0.2) is 42.5 Å². The molecule has 1 aromatic heterocycles. The molecule has 0 saturated carbocycles. The molecule has 0 aliphatic rings. The first kappa shape index (κ1) is 12.1. The lowest BCUT2D eigenvalue weighted by Gasteiger charge is -2.00. The monoisotopic (exact) mass is 266 g/mol. The van der Waals surface area contributed by atoms with E-state index >= 15 is 0 Å². The van der Waals surface area contributed by atoms with Gasteiger partial charge in [0, 0.05) is 15.1 Å². The molecule has 0 amide bonds. The quantitative estimate of drug-likeness (QED) is 0.597. The van der Waals surface area contributed by atoms with E-state index in [4.69, 9.17) is 0 Å². The summed E-state index contributed by atoms with van der Waals surface area (Å²) in [7, 11) is 0. The number of thiophene rings is 1. The summed E-state index contributed by atoms with van der Waals surface area (Å²) in [6.45, 7) is 4.24. The van der Waals surface area contributed by atoms with Crippen LogP contribution in [0.3, 0.4) is 0 Å². The third kappa shape index (κ3) is 2.08. The molecule has 0 fully saturated rings. The molecular formula is C17H14OS. The molecule has 94 valence electrons. The van der Waals surface area contributed by atoms with Crippen molar-refractivity contribution in [3.05, 3.63) is 59.2 Å². The topological polar surface area (TPSA) is 17.1 Å². The van der Waals surface area contributed by atoms with Crippen molar-refractivity contribution in [2.75, 3.05) is 0 Å². The molecule has 1 nitrogen and oxygen atoms in total. The lowest BCUT2D eigenvalue weighted by Crippen LogP contribution is -1.78. The van der Waals surface area contributed by atoms with Gasteiger partial charge in [0.25, 0.3) is 0 Å². The van der Waals surface area contributed by atoms with E-state index in [2.05, 4.69) is 38.1 Å². The Morgan fingerprint density at radius 1 is 1.00 bits per heavy atom. The first-order valence-electron chi connectivity index (χ1n) is 6.24. The maximum absolute atomic E-state index is 10.9. The third-order valence-corrected chi connectivity index (χ3v) is 4.72. The summed E-state index contributed by atoms with van der Waals surface area (Å²) in [6, 6.07) is 14.5. The number of aldehydes is 1. The van der Waals surface area contributed by atoms with E-state index in [1.165, 1.54) is 31.7 Å². The van der Waals surface area contributed by atoms with Crippen LogP contribution in [0.1, 0.15) is 21.5 Å². The number of aryl methyl sites for hydroxylation is 2. The lowest BCUT2D eigenvalue weighted by atomic mass is 10.1. The van der Waals surface area contributed by atoms with Gasteiger partial charge < -0.3 is 0 Å². The summed E-state index contributed by atoms with van der Waals surface area (Å²) < 4.78 is 1.18. The van der Waals surface area contributed by atoms with Crippen molar-refractivity contribution in [1.29, 1.82) is 0 Å². The fourth-order valence-corrected chi connectivity index (χ4v) is 3.56. The number of hydrogen-bond acceptors (Lipinski definition) is 2. The Kier molecular flexibility index (Phi) is 2.96. The number of benzene rings is 2. The van der Waals surface area contributed by atoms with Gasteiger partial charge in [-0.3, -0.25) is 4.79 Å². The van der Waals surface area contributed by atoms with Crippen LogP contribution in [-0.2, 0) is 0 Å². The molecule has 0 aliphatic carbocycles. The highest BCUT2D eigenvalue weighted by Crippen LogP contribution is 2.38. The van der Waals surface area contributed by atoms with E-state index in [1.54, 1.807) is 11.3 Å². The van der Waals surface area contributed by atoms with Gasteiger partial charge in [0.15, 0.2) is 0 Å². The maximum atomic E-state index is 10.9. The highest BCUT2D eigenvalue weighted by Gasteiger charge is 2.10. The normalized spacial score (nSPS) is 10.8. The third-order valence-electron chi connectivity index (χ3n) is 3.41. The lowest BCUT2D eigenvalue weighted by molar-refractivity contribution is 0.112. The number of hydrogen-bond donors (Lipinski definition) is 0. The van der Waals surface area contributed by atoms with Crippen molar-refractivity contribution in [2.24, 2.45) is 0 Å². The Morgan fingerprint density at radius 2 is 1.74 bits per heavy atom. The highest BCUT2D eigenvalue weighted by atomic mass is 32.1. The summed E-state index contributed by atoms with van der Waals surface area (Å²) >= 11 is 1.75. The molecule has 0 spiro atoms. The van der Waals surface area contributed by atoms with Gasteiger partial charge in [0.2, 0.25) is 0 Å². The molecule has 0 N–H and O–H groups in total. The van der Waals surface area contributed by atoms with Crippen LogP contribution in [0.5, 0.6) is 0 Å². The Bertz CT molecular complexity index is 751. The van der Waals surface area contributed by atoms with Crippen LogP contribution in [0, 0.1) is 13.8 Å². The standard InChI is InChI=1S/C17H14OS/c1-11-3-6-14(7-4-11)17-12(2)15-8-5-13(10-18)9-16(15)19-17/h3-10H,1-2H3. The molecule has 0 aliphatic heterocycles. The molecule has 2 aromatic carbocycles. The van der Waals surface area contributed by atoms with Gasteiger partial charge in [-0.25, -0.2) is 0 Å². The molecule has 0 unspecified atom stereocenters. The highest BCUT2D eigenvalue weighted by molar-refractivity contribution is 7.22. The number of fused-ring (bicyclic) bond motifs is 1. The van der Waals surface area contributed by atoms with Crippen LogP contribution >= 0.6 is 11.3 Å². The number of carbonyl (C=O) groups excluding carboxylic acids is 1. The van der Waals surface area contributed by atoms with E-state index in [0.29, 0.717) is 0 Å². The molecule has 3 rings (SSSR count).